The summed E-state index contributed by atoms with van der Waals surface area (Å²) in [7, 11) is 0. The second-order valence-corrected chi connectivity index (χ2v) is 7.45. The van der Waals surface area contributed by atoms with E-state index in [2.05, 4.69) is 55.5 Å². The van der Waals surface area contributed by atoms with Crippen molar-refractivity contribution in [3.8, 4) is 11.8 Å². The summed E-state index contributed by atoms with van der Waals surface area (Å²) in [4.78, 5) is 22.8. The molecular weight excluding hydrogens is 362 g/mol. The molecule has 0 radical (unpaired) electrons. The van der Waals surface area contributed by atoms with Gasteiger partial charge in [-0.05, 0) is 55.5 Å². The van der Waals surface area contributed by atoms with Crippen LogP contribution in [-0.2, 0) is 4.79 Å². The Morgan fingerprint density at radius 1 is 1.28 bits per heavy atom. The van der Waals surface area contributed by atoms with E-state index in [0.29, 0.717) is 30.1 Å². The van der Waals surface area contributed by atoms with Crippen molar-refractivity contribution in [2.24, 2.45) is 0 Å². The maximum Gasteiger partial charge on any atom is 0.245 e. The first kappa shape index (κ1) is 18.8. The number of rotatable bonds is 2. The van der Waals surface area contributed by atoms with Crippen LogP contribution in [0.3, 0.4) is 0 Å². The topological polar surface area (TPSA) is 76.5 Å². The van der Waals surface area contributed by atoms with Crippen molar-refractivity contribution >= 4 is 17.2 Å². The van der Waals surface area contributed by atoms with Gasteiger partial charge in [-0.15, -0.1) is 0 Å². The van der Waals surface area contributed by atoms with E-state index >= 15 is 0 Å². The summed E-state index contributed by atoms with van der Waals surface area (Å²) in [5.41, 5.74) is 10.8. The quantitative estimate of drug-likeness (QED) is 0.544. The Hall–Kier alpha value is -3.59. The van der Waals surface area contributed by atoms with E-state index in [4.69, 9.17) is 10.7 Å². The molecule has 1 aliphatic rings. The summed E-state index contributed by atoms with van der Waals surface area (Å²) in [6, 6.07) is 6.22. The van der Waals surface area contributed by atoms with Crippen molar-refractivity contribution in [3.05, 3.63) is 71.5 Å². The molecule has 1 saturated heterocycles. The SMILES string of the molecule is C=CC(=O)N1CC[C@@H](c2nc(C#Cc3cc(C)cc(C)c3)c3c(N)nccn23)C1. The van der Waals surface area contributed by atoms with Crippen molar-refractivity contribution in [1.29, 1.82) is 0 Å². The summed E-state index contributed by atoms with van der Waals surface area (Å²) in [5.74, 6) is 7.72. The molecule has 6 heteroatoms. The van der Waals surface area contributed by atoms with Crippen LogP contribution in [0.25, 0.3) is 5.52 Å². The summed E-state index contributed by atoms with van der Waals surface area (Å²) < 4.78 is 1.96. The number of amides is 1. The molecule has 4 rings (SSSR count). The Bertz CT molecular complexity index is 1160. The lowest BCUT2D eigenvalue weighted by Gasteiger charge is -2.13. The van der Waals surface area contributed by atoms with Crippen molar-refractivity contribution in [3.63, 3.8) is 0 Å². The molecule has 29 heavy (non-hydrogen) atoms. The van der Waals surface area contributed by atoms with E-state index in [-0.39, 0.29) is 11.8 Å². The number of aryl methyl sites for hydroxylation is 2. The maximum atomic E-state index is 12.0. The molecule has 1 aromatic carbocycles. The molecule has 0 bridgehead atoms. The van der Waals surface area contributed by atoms with Crippen molar-refractivity contribution in [2.45, 2.75) is 26.2 Å². The molecule has 146 valence electrons. The molecule has 1 fully saturated rings. The summed E-state index contributed by atoms with van der Waals surface area (Å²) >= 11 is 0. The van der Waals surface area contributed by atoms with Crippen LogP contribution in [0, 0.1) is 25.7 Å². The summed E-state index contributed by atoms with van der Waals surface area (Å²) in [5, 5.41) is 0. The Balaban J connectivity index is 1.76. The normalized spacial score (nSPS) is 15.9. The zero-order valence-electron chi connectivity index (χ0n) is 16.6. The van der Waals surface area contributed by atoms with Crippen molar-refractivity contribution in [2.75, 3.05) is 18.8 Å². The highest BCUT2D eigenvalue weighted by Crippen LogP contribution is 2.29. The van der Waals surface area contributed by atoms with E-state index in [1.807, 2.05) is 10.6 Å². The molecule has 6 nitrogen and oxygen atoms in total. The van der Waals surface area contributed by atoms with Gasteiger partial charge in [0, 0.05) is 37.0 Å². The Kier molecular flexibility index (Phi) is 4.81. The predicted octanol–water partition coefficient (Wildman–Crippen LogP) is 2.83. The van der Waals surface area contributed by atoms with Crippen molar-refractivity contribution < 1.29 is 4.79 Å². The van der Waals surface area contributed by atoms with Crippen LogP contribution < -0.4 is 5.73 Å². The first-order valence-corrected chi connectivity index (χ1v) is 9.60. The van der Waals surface area contributed by atoms with Gasteiger partial charge < -0.3 is 10.6 Å². The van der Waals surface area contributed by atoms with Gasteiger partial charge >= 0.3 is 0 Å². The number of carbonyl (C=O) groups is 1. The van der Waals surface area contributed by atoms with Gasteiger partial charge in [0.1, 0.15) is 17.0 Å². The summed E-state index contributed by atoms with van der Waals surface area (Å²) in [6.45, 7) is 8.99. The van der Waals surface area contributed by atoms with Crippen LogP contribution >= 0.6 is 0 Å². The highest BCUT2D eigenvalue weighted by Gasteiger charge is 2.30. The smallest absolute Gasteiger partial charge is 0.245 e. The van der Waals surface area contributed by atoms with Gasteiger partial charge in [0.05, 0.1) is 0 Å². The van der Waals surface area contributed by atoms with E-state index in [9.17, 15) is 4.79 Å². The van der Waals surface area contributed by atoms with E-state index in [0.717, 1.165) is 17.8 Å². The van der Waals surface area contributed by atoms with Crippen LogP contribution in [0.5, 0.6) is 0 Å². The van der Waals surface area contributed by atoms with Gasteiger partial charge in [0.15, 0.2) is 5.82 Å². The average molecular weight is 385 g/mol. The number of nitrogens with zero attached hydrogens (tertiary/aromatic N) is 4. The minimum Gasteiger partial charge on any atom is -0.382 e. The molecule has 0 saturated carbocycles. The number of likely N-dealkylation sites (tertiary alicyclic amines) is 1. The molecule has 0 aliphatic carbocycles. The Labute approximate surface area is 170 Å². The van der Waals surface area contributed by atoms with Gasteiger partial charge in [-0.3, -0.25) is 9.20 Å². The summed E-state index contributed by atoms with van der Waals surface area (Å²) in [6.07, 6.45) is 5.71. The molecule has 2 aromatic heterocycles. The zero-order valence-corrected chi connectivity index (χ0v) is 16.6. The van der Waals surface area contributed by atoms with Crippen molar-refractivity contribution in [1.82, 2.24) is 19.3 Å². The third-order valence-corrected chi connectivity index (χ3v) is 5.20. The van der Waals surface area contributed by atoms with E-state index in [1.165, 1.54) is 17.2 Å². The van der Waals surface area contributed by atoms with Crippen LogP contribution in [0.1, 0.15) is 40.5 Å². The highest BCUT2D eigenvalue weighted by atomic mass is 16.2. The monoisotopic (exact) mass is 385 g/mol. The minimum atomic E-state index is -0.0515. The van der Waals surface area contributed by atoms with Crippen LogP contribution in [0.4, 0.5) is 5.82 Å². The lowest BCUT2D eigenvalue weighted by atomic mass is 10.1. The molecule has 3 aromatic rings. The largest absolute Gasteiger partial charge is 0.382 e. The molecule has 1 aliphatic heterocycles. The maximum absolute atomic E-state index is 12.0. The standard InChI is InChI=1S/C23H23N5O/c1-4-20(29)27-9-7-18(14-27)23-26-19(21-22(24)25-8-10-28(21)23)6-5-17-12-15(2)11-16(3)13-17/h4,8,10-13,18H,1,7,9,14H2,2-3H3,(H2,24,25)/t18-/m1/s1. The minimum absolute atomic E-state index is 0.0515. The Morgan fingerprint density at radius 2 is 2.03 bits per heavy atom. The fraction of sp³-hybridized carbons (Fsp3) is 0.261. The van der Waals surface area contributed by atoms with Gasteiger partial charge in [-0.25, -0.2) is 9.97 Å². The number of carbonyl (C=O) groups excluding carboxylic acids is 1. The molecule has 1 atom stereocenters. The number of nitrogens with two attached hydrogens (primary N) is 1. The van der Waals surface area contributed by atoms with Gasteiger partial charge in [-0.2, -0.15) is 0 Å². The fourth-order valence-corrected chi connectivity index (χ4v) is 3.94. The Morgan fingerprint density at radius 3 is 2.76 bits per heavy atom. The third-order valence-electron chi connectivity index (χ3n) is 5.20. The molecular formula is C23H23N5O. The number of hydrogen-bond donors (Lipinski definition) is 1. The zero-order chi connectivity index (χ0) is 20.5. The second-order valence-electron chi connectivity index (χ2n) is 7.45. The molecule has 0 spiro atoms. The van der Waals surface area contributed by atoms with Crippen LogP contribution in [0.15, 0.2) is 43.2 Å². The second kappa shape index (κ2) is 7.44. The lowest BCUT2D eigenvalue weighted by Crippen LogP contribution is -2.26. The van der Waals surface area contributed by atoms with Gasteiger partial charge in [-0.1, -0.05) is 18.6 Å². The number of aromatic nitrogens is 3. The number of hydrogen-bond acceptors (Lipinski definition) is 4. The van der Waals surface area contributed by atoms with Crippen LogP contribution in [-0.4, -0.2) is 38.3 Å². The molecule has 2 N–H and O–H groups in total. The number of fused-ring (bicyclic) bond motifs is 1. The first-order valence-electron chi connectivity index (χ1n) is 9.60. The first-order chi connectivity index (χ1) is 14.0. The van der Waals surface area contributed by atoms with E-state index in [1.54, 1.807) is 11.1 Å². The molecule has 3 heterocycles. The number of nitrogen functional groups attached to an aromatic ring is 1. The lowest BCUT2D eigenvalue weighted by molar-refractivity contribution is -0.125. The van der Waals surface area contributed by atoms with Gasteiger partial charge in [0.25, 0.3) is 0 Å². The van der Waals surface area contributed by atoms with Crippen LogP contribution in [0.2, 0.25) is 0 Å². The van der Waals surface area contributed by atoms with E-state index < -0.39 is 0 Å². The van der Waals surface area contributed by atoms with Gasteiger partial charge in [0.2, 0.25) is 5.91 Å². The molecule has 0 unspecified atom stereocenters. The fourth-order valence-electron chi connectivity index (χ4n) is 3.94. The number of anilines is 1. The number of benzene rings is 1. The molecule has 1 amide bonds. The number of imidazole rings is 1. The highest BCUT2D eigenvalue weighted by molar-refractivity contribution is 5.87. The predicted molar refractivity (Wildman–Crippen MR) is 113 cm³/mol. The third kappa shape index (κ3) is 3.59. The average Bonchev–Trinajstić information content (AvgIpc) is 3.30.